The van der Waals surface area contributed by atoms with Gasteiger partial charge in [0.25, 0.3) is 0 Å². The van der Waals surface area contributed by atoms with E-state index in [2.05, 4.69) is 20.0 Å². The van der Waals surface area contributed by atoms with Crippen molar-refractivity contribution in [2.45, 2.75) is 32.2 Å². The van der Waals surface area contributed by atoms with Gasteiger partial charge >= 0.3 is 0 Å². The molecular weight excluding hydrogens is 362 g/mol. The molecule has 1 fully saturated rings. The molecule has 1 aliphatic heterocycles. The first-order chi connectivity index (χ1) is 12.7. The van der Waals surface area contributed by atoms with Crippen LogP contribution in [0.5, 0.6) is 0 Å². The lowest BCUT2D eigenvalue weighted by Gasteiger charge is -2.27. The van der Waals surface area contributed by atoms with Crippen molar-refractivity contribution in [3.05, 3.63) is 59.6 Å². The number of hydrogen-bond donors (Lipinski definition) is 1. The van der Waals surface area contributed by atoms with E-state index in [0.29, 0.717) is 11.7 Å². The van der Waals surface area contributed by atoms with Crippen LogP contribution in [0.2, 0.25) is 0 Å². The fourth-order valence-corrected chi connectivity index (χ4v) is 3.22. The van der Waals surface area contributed by atoms with Crippen molar-refractivity contribution in [2.24, 2.45) is 5.73 Å². The van der Waals surface area contributed by atoms with Gasteiger partial charge in [-0.2, -0.15) is 4.98 Å². The monoisotopic (exact) mass is 385 g/mol. The van der Waals surface area contributed by atoms with Crippen molar-refractivity contribution in [2.75, 3.05) is 18.0 Å². The molecule has 0 bridgehead atoms. The lowest BCUT2D eigenvalue weighted by atomic mass is 10.1. The summed E-state index contributed by atoms with van der Waals surface area (Å²) in [7, 11) is 0. The highest BCUT2D eigenvalue weighted by atomic mass is 35.5. The number of hydrogen-bond acceptors (Lipinski definition) is 6. The standard InChI is InChI=1S/C20H23N5O.ClH/c1-14-5-7-15(8-6-14)18(21)20-23-19(24-26-20)16-9-10-17(22-13-16)25-11-3-2-4-12-25;/h5-10,13,18H,2-4,11-12,21H2,1H3;1H. The van der Waals surface area contributed by atoms with Crippen molar-refractivity contribution < 1.29 is 4.52 Å². The van der Waals surface area contributed by atoms with Gasteiger partial charge in [-0.25, -0.2) is 4.98 Å². The second kappa shape index (κ2) is 8.50. The minimum Gasteiger partial charge on any atom is -0.357 e. The fourth-order valence-electron chi connectivity index (χ4n) is 3.22. The molecule has 1 saturated heterocycles. The molecule has 142 valence electrons. The van der Waals surface area contributed by atoms with Crippen LogP contribution in [0.15, 0.2) is 47.1 Å². The predicted octanol–water partition coefficient (Wildman–Crippen LogP) is 3.90. The molecule has 3 heterocycles. The molecule has 3 aromatic rings. The van der Waals surface area contributed by atoms with E-state index in [1.807, 2.05) is 43.3 Å². The smallest absolute Gasteiger partial charge is 0.248 e. The van der Waals surface area contributed by atoms with Crippen molar-refractivity contribution in [3.63, 3.8) is 0 Å². The van der Waals surface area contributed by atoms with E-state index in [4.69, 9.17) is 10.3 Å². The lowest BCUT2D eigenvalue weighted by molar-refractivity contribution is 0.367. The predicted molar refractivity (Wildman–Crippen MR) is 108 cm³/mol. The van der Waals surface area contributed by atoms with Crippen LogP contribution in [-0.4, -0.2) is 28.2 Å². The van der Waals surface area contributed by atoms with Crippen LogP contribution >= 0.6 is 12.4 Å². The Bertz CT molecular complexity index is 857. The number of aromatic nitrogens is 3. The Morgan fingerprint density at radius 1 is 1.04 bits per heavy atom. The molecular formula is C20H24ClN5O. The van der Waals surface area contributed by atoms with E-state index in [1.165, 1.54) is 24.8 Å². The van der Waals surface area contributed by atoms with Crippen LogP contribution in [-0.2, 0) is 0 Å². The first kappa shape index (κ1) is 19.3. The summed E-state index contributed by atoms with van der Waals surface area (Å²) in [4.78, 5) is 11.4. The highest BCUT2D eigenvalue weighted by Gasteiger charge is 2.18. The second-order valence-electron chi connectivity index (χ2n) is 6.80. The molecule has 6 nitrogen and oxygen atoms in total. The molecule has 1 unspecified atom stereocenters. The second-order valence-corrected chi connectivity index (χ2v) is 6.80. The summed E-state index contributed by atoms with van der Waals surface area (Å²) >= 11 is 0. The zero-order valence-corrected chi connectivity index (χ0v) is 16.2. The van der Waals surface area contributed by atoms with E-state index < -0.39 is 6.04 Å². The lowest BCUT2D eigenvalue weighted by Crippen LogP contribution is -2.29. The molecule has 1 atom stereocenters. The first-order valence-corrected chi connectivity index (χ1v) is 9.08. The quantitative estimate of drug-likeness (QED) is 0.733. The maximum Gasteiger partial charge on any atom is 0.248 e. The zero-order valence-electron chi connectivity index (χ0n) is 15.3. The van der Waals surface area contributed by atoms with Crippen molar-refractivity contribution in [3.8, 4) is 11.4 Å². The molecule has 27 heavy (non-hydrogen) atoms. The number of aryl methyl sites for hydroxylation is 1. The summed E-state index contributed by atoms with van der Waals surface area (Å²) in [6.07, 6.45) is 5.57. The Morgan fingerprint density at radius 3 is 2.44 bits per heavy atom. The van der Waals surface area contributed by atoms with Gasteiger partial charge in [0.05, 0.1) is 0 Å². The molecule has 0 amide bonds. The maximum atomic E-state index is 6.26. The number of pyridine rings is 1. The fraction of sp³-hybridized carbons (Fsp3) is 0.350. The Morgan fingerprint density at radius 2 is 1.78 bits per heavy atom. The first-order valence-electron chi connectivity index (χ1n) is 9.08. The van der Waals surface area contributed by atoms with E-state index in [9.17, 15) is 0 Å². The molecule has 0 radical (unpaired) electrons. The van der Waals surface area contributed by atoms with E-state index in [1.54, 1.807) is 6.20 Å². The van der Waals surface area contributed by atoms with Gasteiger partial charge in [-0.3, -0.25) is 0 Å². The Labute approximate surface area is 165 Å². The number of rotatable bonds is 4. The van der Waals surface area contributed by atoms with Gasteiger partial charge in [-0.15, -0.1) is 12.4 Å². The van der Waals surface area contributed by atoms with Crippen LogP contribution in [0.4, 0.5) is 5.82 Å². The number of anilines is 1. The summed E-state index contributed by atoms with van der Waals surface area (Å²) in [6, 6.07) is 11.6. The number of benzene rings is 1. The van der Waals surface area contributed by atoms with Gasteiger partial charge in [0.1, 0.15) is 11.9 Å². The van der Waals surface area contributed by atoms with Crippen LogP contribution < -0.4 is 10.6 Å². The van der Waals surface area contributed by atoms with Gasteiger partial charge in [-0.1, -0.05) is 35.0 Å². The Kier molecular flexibility index (Phi) is 6.08. The molecule has 7 heteroatoms. The third-order valence-corrected chi connectivity index (χ3v) is 4.83. The van der Waals surface area contributed by atoms with Crippen LogP contribution in [0.1, 0.15) is 42.3 Å². The average Bonchev–Trinajstić information content (AvgIpc) is 3.19. The number of piperidine rings is 1. The normalized spacial score (nSPS) is 15.3. The summed E-state index contributed by atoms with van der Waals surface area (Å²) in [5.74, 6) is 1.93. The average molecular weight is 386 g/mol. The molecule has 2 N–H and O–H groups in total. The molecule has 1 aromatic carbocycles. The van der Waals surface area contributed by atoms with Crippen LogP contribution in [0, 0.1) is 6.92 Å². The molecule has 4 rings (SSSR count). The minimum absolute atomic E-state index is 0. The molecule has 1 aliphatic rings. The van der Waals surface area contributed by atoms with Crippen molar-refractivity contribution >= 4 is 18.2 Å². The van der Waals surface area contributed by atoms with Gasteiger partial charge in [-0.05, 0) is 43.9 Å². The topological polar surface area (TPSA) is 81.1 Å². The maximum absolute atomic E-state index is 6.26. The highest BCUT2D eigenvalue weighted by Crippen LogP contribution is 2.24. The van der Waals surface area contributed by atoms with E-state index in [-0.39, 0.29) is 12.4 Å². The summed E-state index contributed by atoms with van der Waals surface area (Å²) < 4.78 is 5.39. The van der Waals surface area contributed by atoms with Gasteiger partial charge < -0.3 is 15.2 Å². The summed E-state index contributed by atoms with van der Waals surface area (Å²) in [5, 5.41) is 4.07. The number of halogens is 1. The van der Waals surface area contributed by atoms with Crippen molar-refractivity contribution in [1.82, 2.24) is 15.1 Å². The molecule has 0 spiro atoms. The largest absolute Gasteiger partial charge is 0.357 e. The third kappa shape index (κ3) is 4.28. The van der Waals surface area contributed by atoms with Crippen molar-refractivity contribution in [1.29, 1.82) is 0 Å². The number of nitrogens with zero attached hydrogens (tertiary/aromatic N) is 4. The number of nitrogens with two attached hydrogens (primary N) is 1. The summed E-state index contributed by atoms with van der Waals surface area (Å²) in [5.41, 5.74) is 9.23. The minimum atomic E-state index is -0.433. The molecule has 2 aromatic heterocycles. The molecule has 0 aliphatic carbocycles. The molecule has 0 saturated carbocycles. The highest BCUT2D eigenvalue weighted by molar-refractivity contribution is 5.85. The van der Waals surface area contributed by atoms with Crippen LogP contribution in [0.3, 0.4) is 0 Å². The SMILES string of the molecule is Cc1ccc(C(N)c2nc(-c3ccc(N4CCCCC4)nc3)no2)cc1.Cl. The summed E-state index contributed by atoms with van der Waals surface area (Å²) in [6.45, 7) is 4.19. The van der Waals surface area contributed by atoms with Gasteiger partial charge in [0.15, 0.2) is 0 Å². The van der Waals surface area contributed by atoms with E-state index >= 15 is 0 Å². The van der Waals surface area contributed by atoms with Crippen LogP contribution in [0.25, 0.3) is 11.4 Å². The van der Waals surface area contributed by atoms with E-state index in [0.717, 1.165) is 30.0 Å². The van der Waals surface area contributed by atoms with Gasteiger partial charge in [0, 0.05) is 24.8 Å². The Hall–Kier alpha value is -2.44. The van der Waals surface area contributed by atoms with Gasteiger partial charge in [0.2, 0.25) is 11.7 Å². The third-order valence-electron chi connectivity index (χ3n) is 4.83. The Balaban J connectivity index is 0.00000210. The zero-order chi connectivity index (χ0) is 17.9.